The molecule has 30 heavy (non-hydrogen) atoms. The highest BCUT2D eigenvalue weighted by Gasteiger charge is 2.72. The fourth-order valence-electron chi connectivity index (χ4n) is 5.27. The number of hydrogen-bond acceptors (Lipinski definition) is 6. The standard InChI is InChI=1S/C23H37N3O4/c1-16(2)6-7-18-23(24,30-18)21-20(28-3)17(8-9-22(21)15-29-22)14-19(27)25-10-13-26-11-4-5-12-26/h6,14,18,20-21H,4-5,7-13,15,24H2,1-3H3,(H,25,27)/b17-14-/t18-,20-,21+,22+,23+/m1/s1. The van der Waals surface area contributed by atoms with Crippen molar-refractivity contribution < 1.29 is 19.0 Å². The summed E-state index contributed by atoms with van der Waals surface area (Å²) in [5.74, 6) is -0.162. The van der Waals surface area contributed by atoms with Gasteiger partial charge in [0, 0.05) is 26.3 Å². The number of methoxy groups -OCH3 is 1. The molecule has 0 aromatic carbocycles. The van der Waals surface area contributed by atoms with Gasteiger partial charge in [-0.1, -0.05) is 11.6 Å². The lowest BCUT2D eigenvalue weighted by Gasteiger charge is -2.39. The molecule has 1 saturated carbocycles. The average molecular weight is 420 g/mol. The number of rotatable bonds is 8. The number of nitrogens with one attached hydrogen (secondary N) is 1. The van der Waals surface area contributed by atoms with Crippen molar-refractivity contribution >= 4 is 5.91 Å². The largest absolute Gasteiger partial charge is 0.377 e. The van der Waals surface area contributed by atoms with Crippen LogP contribution >= 0.6 is 0 Å². The van der Waals surface area contributed by atoms with E-state index < -0.39 is 5.72 Å². The molecule has 3 N–H and O–H groups in total. The molecule has 1 amide bonds. The number of carbonyl (C=O) groups excluding carboxylic acids is 1. The van der Waals surface area contributed by atoms with Crippen LogP contribution in [0.1, 0.15) is 46.0 Å². The molecule has 1 aliphatic carbocycles. The van der Waals surface area contributed by atoms with Crippen molar-refractivity contribution in [2.24, 2.45) is 11.7 Å². The lowest BCUT2D eigenvalue weighted by atomic mass is 9.70. The van der Waals surface area contributed by atoms with E-state index in [1.807, 2.05) is 0 Å². The highest BCUT2D eigenvalue weighted by atomic mass is 16.6. The van der Waals surface area contributed by atoms with Crippen LogP contribution in [0.15, 0.2) is 23.3 Å². The molecule has 7 nitrogen and oxygen atoms in total. The Balaban J connectivity index is 1.41. The molecular formula is C23H37N3O4. The summed E-state index contributed by atoms with van der Waals surface area (Å²) in [6.07, 6.45) is 8.51. The molecule has 0 radical (unpaired) electrons. The van der Waals surface area contributed by atoms with Gasteiger partial charge in [-0.15, -0.1) is 0 Å². The number of carbonyl (C=O) groups is 1. The van der Waals surface area contributed by atoms with E-state index in [0.717, 1.165) is 44.5 Å². The summed E-state index contributed by atoms with van der Waals surface area (Å²) in [6.45, 7) is 8.70. The van der Waals surface area contributed by atoms with Gasteiger partial charge in [0.05, 0.1) is 18.6 Å². The van der Waals surface area contributed by atoms with Crippen LogP contribution in [0.25, 0.3) is 0 Å². The van der Waals surface area contributed by atoms with Crippen LogP contribution in [-0.4, -0.2) is 74.2 Å². The third-order valence-electron chi connectivity index (χ3n) is 7.10. The average Bonchev–Trinajstić information content (AvgIpc) is 3.55. The first-order chi connectivity index (χ1) is 14.4. The monoisotopic (exact) mass is 419 g/mol. The van der Waals surface area contributed by atoms with Crippen molar-refractivity contribution in [3.05, 3.63) is 23.3 Å². The van der Waals surface area contributed by atoms with Gasteiger partial charge in [0.15, 0.2) is 5.72 Å². The number of amides is 1. The molecule has 4 aliphatic rings. The summed E-state index contributed by atoms with van der Waals surface area (Å²) < 4.78 is 17.8. The molecule has 1 spiro atoms. The Morgan fingerprint density at radius 2 is 2.10 bits per heavy atom. The van der Waals surface area contributed by atoms with Crippen LogP contribution in [0.3, 0.4) is 0 Å². The van der Waals surface area contributed by atoms with Gasteiger partial charge in [0.25, 0.3) is 0 Å². The van der Waals surface area contributed by atoms with E-state index in [0.29, 0.717) is 13.2 Å². The predicted octanol–water partition coefficient (Wildman–Crippen LogP) is 1.73. The van der Waals surface area contributed by atoms with Crippen LogP contribution < -0.4 is 11.1 Å². The Morgan fingerprint density at radius 3 is 2.73 bits per heavy atom. The van der Waals surface area contributed by atoms with Gasteiger partial charge < -0.3 is 30.2 Å². The van der Waals surface area contributed by atoms with E-state index in [2.05, 4.69) is 30.1 Å². The number of nitrogens with two attached hydrogens (primary N) is 1. The van der Waals surface area contributed by atoms with E-state index in [1.165, 1.54) is 18.4 Å². The van der Waals surface area contributed by atoms with Crippen molar-refractivity contribution in [1.82, 2.24) is 10.2 Å². The Kier molecular flexibility index (Phi) is 6.38. The van der Waals surface area contributed by atoms with Crippen molar-refractivity contribution in [1.29, 1.82) is 0 Å². The maximum atomic E-state index is 12.6. The lowest BCUT2D eigenvalue weighted by Crippen LogP contribution is -2.55. The summed E-state index contributed by atoms with van der Waals surface area (Å²) in [5, 5.41) is 3.03. The number of hydrogen-bond donors (Lipinski definition) is 2. The molecule has 0 bridgehead atoms. The molecule has 3 aliphatic heterocycles. The molecule has 4 fully saturated rings. The van der Waals surface area contributed by atoms with E-state index in [-0.39, 0.29) is 29.6 Å². The Hall–Kier alpha value is -1.25. The normalized spacial score (nSPS) is 39.3. The number of epoxide rings is 2. The molecule has 3 heterocycles. The first-order valence-electron chi connectivity index (χ1n) is 11.4. The van der Waals surface area contributed by atoms with E-state index in [4.69, 9.17) is 19.9 Å². The van der Waals surface area contributed by atoms with Crippen molar-refractivity contribution in [3.8, 4) is 0 Å². The van der Waals surface area contributed by atoms with Crippen molar-refractivity contribution in [2.45, 2.75) is 69.5 Å². The maximum Gasteiger partial charge on any atom is 0.244 e. The zero-order chi connectivity index (χ0) is 21.4. The van der Waals surface area contributed by atoms with E-state index in [9.17, 15) is 4.79 Å². The zero-order valence-electron chi connectivity index (χ0n) is 18.6. The fourth-order valence-corrected chi connectivity index (χ4v) is 5.27. The second-order valence-electron chi connectivity index (χ2n) is 9.52. The Labute approximate surface area is 180 Å². The molecule has 3 saturated heterocycles. The van der Waals surface area contributed by atoms with Crippen LogP contribution in [0.4, 0.5) is 0 Å². The van der Waals surface area contributed by atoms with Gasteiger partial charge in [-0.2, -0.15) is 0 Å². The number of nitrogens with zero attached hydrogens (tertiary/aromatic N) is 1. The Morgan fingerprint density at radius 1 is 1.37 bits per heavy atom. The van der Waals surface area contributed by atoms with E-state index in [1.54, 1.807) is 13.2 Å². The minimum absolute atomic E-state index is 0.0373. The van der Waals surface area contributed by atoms with Gasteiger partial charge >= 0.3 is 0 Å². The zero-order valence-corrected chi connectivity index (χ0v) is 18.6. The highest BCUT2D eigenvalue weighted by Crippen LogP contribution is 2.58. The van der Waals surface area contributed by atoms with Gasteiger partial charge in [-0.25, -0.2) is 0 Å². The maximum absolute atomic E-state index is 12.6. The minimum Gasteiger partial charge on any atom is -0.377 e. The van der Waals surface area contributed by atoms with Crippen LogP contribution in [-0.2, 0) is 19.0 Å². The van der Waals surface area contributed by atoms with Crippen LogP contribution in [0, 0.1) is 5.92 Å². The highest BCUT2D eigenvalue weighted by molar-refractivity contribution is 5.88. The second kappa shape index (κ2) is 8.71. The molecule has 168 valence electrons. The first-order valence-corrected chi connectivity index (χ1v) is 11.4. The molecule has 0 aromatic rings. The molecular weight excluding hydrogens is 382 g/mol. The SMILES string of the molecule is CO[C@@H]1/C(=C\C(=O)NCCN2CCCC2)CC[C@]2(CO2)[C@H]1[C@@]1(N)O[C@@H]1CC=C(C)C. The first kappa shape index (κ1) is 22.0. The van der Waals surface area contributed by atoms with Gasteiger partial charge in [-0.3, -0.25) is 4.79 Å². The summed E-state index contributed by atoms with van der Waals surface area (Å²) in [6, 6.07) is 0. The van der Waals surface area contributed by atoms with Crippen molar-refractivity contribution in [3.63, 3.8) is 0 Å². The van der Waals surface area contributed by atoms with Crippen LogP contribution in [0.5, 0.6) is 0 Å². The smallest absolute Gasteiger partial charge is 0.244 e. The number of ether oxygens (including phenoxy) is 3. The molecule has 0 unspecified atom stereocenters. The second-order valence-corrected chi connectivity index (χ2v) is 9.52. The minimum atomic E-state index is -0.769. The van der Waals surface area contributed by atoms with Gasteiger partial charge in [-0.05, 0) is 64.6 Å². The molecule has 7 heteroatoms. The number of allylic oxidation sites excluding steroid dienone is 1. The fraction of sp³-hybridized carbons (Fsp3) is 0.783. The third kappa shape index (κ3) is 4.50. The topological polar surface area (TPSA) is 92.7 Å². The quantitative estimate of drug-likeness (QED) is 0.354. The summed E-state index contributed by atoms with van der Waals surface area (Å²) in [5.41, 5.74) is 7.93. The van der Waals surface area contributed by atoms with Crippen molar-refractivity contribution in [2.75, 3.05) is 39.9 Å². The summed E-state index contributed by atoms with van der Waals surface area (Å²) in [7, 11) is 1.69. The third-order valence-corrected chi connectivity index (χ3v) is 7.10. The Bertz CT molecular complexity index is 707. The van der Waals surface area contributed by atoms with E-state index >= 15 is 0 Å². The molecule has 4 rings (SSSR count). The summed E-state index contributed by atoms with van der Waals surface area (Å²) in [4.78, 5) is 15.0. The van der Waals surface area contributed by atoms with Gasteiger partial charge in [0.2, 0.25) is 5.91 Å². The van der Waals surface area contributed by atoms with Gasteiger partial charge in [0.1, 0.15) is 11.7 Å². The predicted molar refractivity (Wildman–Crippen MR) is 115 cm³/mol. The molecule has 5 atom stereocenters. The van der Waals surface area contributed by atoms with Crippen LogP contribution in [0.2, 0.25) is 0 Å². The number of likely N-dealkylation sites (tertiary alicyclic amines) is 1. The summed E-state index contributed by atoms with van der Waals surface area (Å²) >= 11 is 0. The lowest BCUT2D eigenvalue weighted by molar-refractivity contribution is -0.116. The molecule has 0 aromatic heterocycles.